The minimum atomic E-state index is -4.97. The van der Waals surface area contributed by atoms with E-state index < -0.39 is 23.1 Å². The normalized spacial score (nSPS) is 17.5. The Labute approximate surface area is 189 Å². The number of likely N-dealkylation sites (tertiary alicyclic amines) is 1. The number of nitrogens with zero attached hydrogens (tertiary/aromatic N) is 1. The molecule has 0 amide bonds. The van der Waals surface area contributed by atoms with E-state index in [1.54, 1.807) is 26.0 Å². The van der Waals surface area contributed by atoms with Crippen molar-refractivity contribution >= 4 is 11.0 Å². The Kier molecular flexibility index (Phi) is 6.14. The minimum Gasteiger partial charge on any atom is -0.507 e. The first-order valence-corrected chi connectivity index (χ1v) is 10.9. The number of hydrogen-bond acceptors (Lipinski definition) is 5. The van der Waals surface area contributed by atoms with Gasteiger partial charge in [0.1, 0.15) is 17.1 Å². The molecular weight excluding hydrogens is 435 g/mol. The SMILES string of the molecule is Cc1cc(C)cc(Oc2c(C(F)(F)F)oc3c(CN4CCC[C@H](C)C4)c(O)ccc3c2=O)c1. The number of halogens is 3. The summed E-state index contributed by atoms with van der Waals surface area (Å²) in [6, 6.07) is 7.53. The van der Waals surface area contributed by atoms with E-state index in [1.807, 2.05) is 6.07 Å². The molecule has 0 unspecified atom stereocenters. The molecule has 176 valence electrons. The number of alkyl halides is 3. The molecule has 1 aromatic heterocycles. The van der Waals surface area contributed by atoms with Crippen LogP contribution in [0.25, 0.3) is 11.0 Å². The standard InChI is InChI=1S/C25H26F3NO4/c1-14-5-4-8-29(12-14)13-19-20(30)7-6-18-21(31)23(24(25(26,27)28)33-22(18)19)32-17-10-15(2)9-16(3)11-17/h6-7,9-11,14,30H,4-5,8,12-13H2,1-3H3/t14-/m0/s1. The average Bonchev–Trinajstić information content (AvgIpc) is 2.70. The second-order valence-corrected chi connectivity index (χ2v) is 8.94. The van der Waals surface area contributed by atoms with E-state index in [1.165, 1.54) is 12.1 Å². The quantitative estimate of drug-likeness (QED) is 0.504. The number of aromatic hydroxyl groups is 1. The molecule has 1 N–H and O–H groups in total. The molecule has 5 nitrogen and oxygen atoms in total. The molecule has 0 saturated carbocycles. The van der Waals surface area contributed by atoms with E-state index in [9.17, 15) is 23.1 Å². The van der Waals surface area contributed by atoms with Gasteiger partial charge >= 0.3 is 6.18 Å². The van der Waals surface area contributed by atoms with Crippen molar-refractivity contribution in [1.82, 2.24) is 4.90 Å². The lowest BCUT2D eigenvalue weighted by atomic mass is 9.99. The largest absolute Gasteiger partial charge is 0.507 e. The van der Waals surface area contributed by atoms with Crippen molar-refractivity contribution in [1.29, 1.82) is 0 Å². The summed E-state index contributed by atoms with van der Waals surface area (Å²) in [7, 11) is 0. The van der Waals surface area contributed by atoms with E-state index in [4.69, 9.17) is 9.15 Å². The van der Waals surface area contributed by atoms with Crippen LogP contribution in [0.1, 0.15) is 42.2 Å². The van der Waals surface area contributed by atoms with E-state index in [0.717, 1.165) is 37.1 Å². The van der Waals surface area contributed by atoms with Gasteiger partial charge in [0.05, 0.1) is 10.9 Å². The third kappa shape index (κ3) is 4.85. The number of phenolic OH excluding ortho intramolecular Hbond substituents is 1. The molecule has 1 aliphatic rings. The van der Waals surface area contributed by atoms with Crippen LogP contribution in [0.2, 0.25) is 0 Å². The molecule has 1 aliphatic heterocycles. The second kappa shape index (κ2) is 8.74. The van der Waals surface area contributed by atoms with E-state index >= 15 is 0 Å². The Morgan fingerprint density at radius 3 is 2.52 bits per heavy atom. The maximum absolute atomic E-state index is 14.0. The number of fused-ring (bicyclic) bond motifs is 1. The zero-order valence-electron chi connectivity index (χ0n) is 18.8. The highest BCUT2D eigenvalue weighted by Crippen LogP contribution is 2.40. The molecule has 33 heavy (non-hydrogen) atoms. The summed E-state index contributed by atoms with van der Waals surface area (Å²) in [5.41, 5.74) is 0.537. The maximum atomic E-state index is 14.0. The first-order valence-electron chi connectivity index (χ1n) is 10.9. The molecule has 0 spiro atoms. The lowest BCUT2D eigenvalue weighted by molar-refractivity contribution is -0.154. The van der Waals surface area contributed by atoms with Gasteiger partial charge in [0.2, 0.25) is 11.2 Å². The summed E-state index contributed by atoms with van der Waals surface area (Å²) in [6.07, 6.45) is -2.94. The van der Waals surface area contributed by atoms with Crippen molar-refractivity contribution in [2.45, 2.75) is 46.3 Å². The minimum absolute atomic E-state index is 0.0692. The Bertz CT molecular complexity index is 1230. The van der Waals surface area contributed by atoms with Gasteiger partial charge < -0.3 is 14.3 Å². The smallest absolute Gasteiger partial charge is 0.453 e. The lowest BCUT2D eigenvalue weighted by Gasteiger charge is -2.31. The zero-order chi connectivity index (χ0) is 23.9. The van der Waals surface area contributed by atoms with Gasteiger partial charge in [0, 0.05) is 13.1 Å². The van der Waals surface area contributed by atoms with Gasteiger partial charge in [-0.3, -0.25) is 9.69 Å². The predicted molar refractivity (Wildman–Crippen MR) is 119 cm³/mol. The molecule has 1 atom stereocenters. The van der Waals surface area contributed by atoms with Crippen molar-refractivity contribution in [3.05, 3.63) is 63.0 Å². The summed E-state index contributed by atoms with van der Waals surface area (Å²) in [4.78, 5) is 15.2. The van der Waals surface area contributed by atoms with Crippen LogP contribution in [0.4, 0.5) is 13.2 Å². The van der Waals surface area contributed by atoms with Crippen molar-refractivity contribution in [3.63, 3.8) is 0 Å². The Morgan fingerprint density at radius 2 is 1.88 bits per heavy atom. The summed E-state index contributed by atoms with van der Waals surface area (Å²) in [5.74, 6) is -2.08. The molecule has 0 radical (unpaired) electrons. The van der Waals surface area contributed by atoms with Crippen LogP contribution < -0.4 is 10.2 Å². The van der Waals surface area contributed by atoms with Gasteiger partial charge in [-0.1, -0.05) is 13.0 Å². The first kappa shape index (κ1) is 23.2. The third-order valence-corrected chi connectivity index (χ3v) is 5.89. The van der Waals surface area contributed by atoms with Gasteiger partial charge in [-0.2, -0.15) is 13.2 Å². The number of aryl methyl sites for hydroxylation is 2. The van der Waals surface area contributed by atoms with Gasteiger partial charge in [-0.25, -0.2) is 0 Å². The monoisotopic (exact) mass is 461 g/mol. The van der Waals surface area contributed by atoms with Crippen LogP contribution in [-0.2, 0) is 12.7 Å². The molecule has 0 aliphatic carbocycles. The molecule has 4 rings (SSSR count). The number of benzene rings is 2. The molecule has 8 heteroatoms. The Morgan fingerprint density at radius 1 is 1.18 bits per heavy atom. The van der Waals surface area contributed by atoms with E-state index in [0.29, 0.717) is 5.92 Å². The number of rotatable bonds is 4. The number of ether oxygens (including phenoxy) is 1. The van der Waals surface area contributed by atoms with Crippen molar-refractivity contribution in [2.24, 2.45) is 5.92 Å². The first-order chi connectivity index (χ1) is 15.5. The second-order valence-electron chi connectivity index (χ2n) is 8.94. The molecule has 0 bridgehead atoms. The highest BCUT2D eigenvalue weighted by atomic mass is 19.4. The predicted octanol–water partition coefficient (Wildman–Crippen LogP) is 6.16. The van der Waals surface area contributed by atoms with Gasteiger partial charge in [-0.05, 0) is 74.5 Å². The summed E-state index contributed by atoms with van der Waals surface area (Å²) >= 11 is 0. The van der Waals surface area contributed by atoms with Crippen molar-refractivity contribution in [2.75, 3.05) is 13.1 Å². The van der Waals surface area contributed by atoms with Gasteiger partial charge in [-0.15, -0.1) is 0 Å². The maximum Gasteiger partial charge on any atom is 0.453 e. The van der Waals surface area contributed by atoms with Crippen LogP contribution in [-0.4, -0.2) is 23.1 Å². The molecule has 3 aromatic rings. The van der Waals surface area contributed by atoms with Gasteiger partial charge in [0.25, 0.3) is 5.76 Å². The molecular formula is C25H26F3NO4. The topological polar surface area (TPSA) is 62.9 Å². The highest BCUT2D eigenvalue weighted by Gasteiger charge is 2.41. The number of hydrogen-bond donors (Lipinski definition) is 1. The zero-order valence-corrected chi connectivity index (χ0v) is 18.8. The summed E-state index contributed by atoms with van der Waals surface area (Å²) in [6.45, 7) is 7.36. The van der Waals surface area contributed by atoms with E-state index in [2.05, 4.69) is 11.8 Å². The molecule has 2 aromatic carbocycles. The fraction of sp³-hybridized carbons (Fsp3) is 0.400. The fourth-order valence-electron chi connectivity index (χ4n) is 4.48. The van der Waals surface area contributed by atoms with Crippen LogP contribution in [0.3, 0.4) is 0 Å². The highest BCUT2D eigenvalue weighted by molar-refractivity contribution is 5.83. The van der Waals surface area contributed by atoms with Crippen LogP contribution in [0.5, 0.6) is 17.2 Å². The van der Waals surface area contributed by atoms with Crippen LogP contribution in [0, 0.1) is 19.8 Å². The number of phenols is 1. The third-order valence-electron chi connectivity index (χ3n) is 5.89. The lowest BCUT2D eigenvalue weighted by Crippen LogP contribution is -2.33. The fourth-order valence-corrected chi connectivity index (χ4v) is 4.48. The molecule has 1 fully saturated rings. The Balaban J connectivity index is 1.87. The molecule has 2 heterocycles. The van der Waals surface area contributed by atoms with E-state index in [-0.39, 0.29) is 34.6 Å². The van der Waals surface area contributed by atoms with Crippen LogP contribution >= 0.6 is 0 Å². The van der Waals surface area contributed by atoms with Gasteiger partial charge in [0.15, 0.2) is 0 Å². The van der Waals surface area contributed by atoms with Crippen LogP contribution in [0.15, 0.2) is 39.5 Å². The molecule has 1 saturated heterocycles. The van der Waals surface area contributed by atoms with Crippen molar-refractivity contribution in [3.8, 4) is 17.2 Å². The van der Waals surface area contributed by atoms with Crippen molar-refractivity contribution < 1.29 is 27.4 Å². The average molecular weight is 461 g/mol. The number of piperidine rings is 1. The summed E-state index contributed by atoms with van der Waals surface area (Å²) < 4.78 is 52.7. The summed E-state index contributed by atoms with van der Waals surface area (Å²) in [5, 5.41) is 10.4. The Hall–Kier alpha value is -3.00.